The van der Waals surface area contributed by atoms with Gasteiger partial charge in [-0.15, -0.1) is 23.1 Å². The summed E-state index contributed by atoms with van der Waals surface area (Å²) in [6.07, 6.45) is 0. The molecule has 0 spiro atoms. The summed E-state index contributed by atoms with van der Waals surface area (Å²) >= 11 is 2.66. The van der Waals surface area contributed by atoms with Crippen LogP contribution in [0, 0.1) is 0 Å². The van der Waals surface area contributed by atoms with Crippen LogP contribution >= 0.6 is 23.1 Å². The molecular formula is C14H14O3S2. The van der Waals surface area contributed by atoms with Crippen molar-refractivity contribution < 1.29 is 15.0 Å². The Morgan fingerprint density at radius 2 is 2.05 bits per heavy atom. The van der Waals surface area contributed by atoms with Gasteiger partial charge in [-0.1, -0.05) is 30.3 Å². The molecule has 0 aliphatic carbocycles. The maximum absolute atomic E-state index is 10.8. The molecule has 0 bridgehead atoms. The second kappa shape index (κ2) is 5.77. The molecule has 3 nitrogen and oxygen atoms in total. The Kier molecular flexibility index (Phi) is 4.29. The van der Waals surface area contributed by atoms with Gasteiger partial charge in [-0.2, -0.15) is 0 Å². The van der Waals surface area contributed by atoms with E-state index in [1.165, 1.54) is 23.1 Å². The van der Waals surface area contributed by atoms with Crippen LogP contribution in [0.5, 0.6) is 0 Å². The Morgan fingerprint density at radius 3 is 2.63 bits per heavy atom. The highest BCUT2D eigenvalue weighted by Crippen LogP contribution is 2.31. The Morgan fingerprint density at radius 1 is 1.37 bits per heavy atom. The van der Waals surface area contributed by atoms with Crippen molar-refractivity contribution in [1.29, 1.82) is 0 Å². The van der Waals surface area contributed by atoms with Gasteiger partial charge < -0.3 is 10.2 Å². The van der Waals surface area contributed by atoms with Gasteiger partial charge >= 0.3 is 5.97 Å². The predicted molar refractivity (Wildman–Crippen MR) is 78.0 cm³/mol. The molecule has 1 heterocycles. The molecule has 2 rings (SSSR count). The summed E-state index contributed by atoms with van der Waals surface area (Å²) in [4.78, 5) is 12.0. The van der Waals surface area contributed by atoms with Crippen LogP contribution < -0.4 is 0 Å². The number of hydrogen-bond acceptors (Lipinski definition) is 4. The van der Waals surface area contributed by atoms with Gasteiger partial charge in [0.2, 0.25) is 0 Å². The average molecular weight is 294 g/mol. The van der Waals surface area contributed by atoms with Crippen molar-refractivity contribution in [1.82, 2.24) is 0 Å². The quantitative estimate of drug-likeness (QED) is 0.829. The van der Waals surface area contributed by atoms with Crippen molar-refractivity contribution in [2.75, 3.05) is 5.75 Å². The van der Waals surface area contributed by atoms with Crippen LogP contribution in [0.25, 0.3) is 0 Å². The van der Waals surface area contributed by atoms with Gasteiger partial charge in [0.15, 0.2) is 0 Å². The van der Waals surface area contributed by atoms with Crippen molar-refractivity contribution >= 4 is 29.1 Å². The number of aliphatic hydroxyl groups is 1. The Balaban J connectivity index is 2.03. The van der Waals surface area contributed by atoms with Crippen molar-refractivity contribution in [2.24, 2.45) is 0 Å². The van der Waals surface area contributed by atoms with E-state index in [1.807, 2.05) is 30.3 Å². The molecular weight excluding hydrogens is 280 g/mol. The molecule has 1 aromatic heterocycles. The smallest absolute Gasteiger partial charge is 0.345 e. The van der Waals surface area contributed by atoms with Crippen LogP contribution in [0.15, 0.2) is 46.7 Å². The van der Waals surface area contributed by atoms with Gasteiger partial charge in [0.1, 0.15) is 4.88 Å². The molecule has 0 aliphatic rings. The van der Waals surface area contributed by atoms with Crippen LogP contribution in [0.4, 0.5) is 0 Å². The van der Waals surface area contributed by atoms with E-state index in [0.717, 1.165) is 10.5 Å². The van der Waals surface area contributed by atoms with Crippen LogP contribution in [0.1, 0.15) is 22.2 Å². The van der Waals surface area contributed by atoms with E-state index in [1.54, 1.807) is 18.4 Å². The second-order valence-electron chi connectivity index (χ2n) is 4.38. The molecule has 2 N–H and O–H groups in total. The normalized spacial score (nSPS) is 14.0. The maximum Gasteiger partial charge on any atom is 0.345 e. The molecule has 100 valence electrons. The third kappa shape index (κ3) is 3.59. The highest BCUT2D eigenvalue weighted by Gasteiger charge is 2.23. The zero-order chi connectivity index (χ0) is 13.9. The monoisotopic (exact) mass is 294 g/mol. The highest BCUT2D eigenvalue weighted by molar-refractivity contribution is 7.99. The fourth-order valence-electron chi connectivity index (χ4n) is 1.61. The lowest BCUT2D eigenvalue weighted by atomic mass is 9.99. The average Bonchev–Trinajstić information content (AvgIpc) is 2.87. The second-order valence-corrected chi connectivity index (χ2v) is 6.34. The fraction of sp³-hybridized carbons (Fsp3) is 0.214. The Hall–Kier alpha value is -1.30. The highest BCUT2D eigenvalue weighted by atomic mass is 32.2. The van der Waals surface area contributed by atoms with E-state index in [9.17, 15) is 9.90 Å². The minimum Gasteiger partial charge on any atom is -0.477 e. The first-order chi connectivity index (χ1) is 8.99. The predicted octanol–water partition coefficient (Wildman–Crippen LogP) is 3.45. The Labute approximate surface area is 119 Å². The molecule has 1 aromatic carbocycles. The number of thiophene rings is 1. The summed E-state index contributed by atoms with van der Waals surface area (Å²) < 4.78 is 0. The zero-order valence-electron chi connectivity index (χ0n) is 10.4. The largest absolute Gasteiger partial charge is 0.477 e. The lowest BCUT2D eigenvalue weighted by Crippen LogP contribution is -2.24. The van der Waals surface area contributed by atoms with Crippen LogP contribution in [0.2, 0.25) is 0 Å². The van der Waals surface area contributed by atoms with E-state index >= 15 is 0 Å². The number of aromatic carboxylic acids is 1. The van der Waals surface area contributed by atoms with Crippen LogP contribution in [-0.4, -0.2) is 21.9 Å². The molecule has 0 saturated heterocycles. The van der Waals surface area contributed by atoms with E-state index in [2.05, 4.69) is 0 Å². The number of hydrogen-bond donors (Lipinski definition) is 2. The lowest BCUT2D eigenvalue weighted by molar-refractivity contribution is 0.0702. The third-order valence-corrected chi connectivity index (χ3v) is 5.04. The molecule has 0 fully saturated rings. The molecule has 5 heteroatoms. The van der Waals surface area contributed by atoms with Crippen molar-refractivity contribution in [3.63, 3.8) is 0 Å². The van der Waals surface area contributed by atoms with E-state index in [4.69, 9.17) is 5.11 Å². The minimum atomic E-state index is -0.933. The SMILES string of the molecule is CC(O)(CSc1csc(C(=O)O)c1)c1ccccc1. The van der Waals surface area contributed by atoms with Crippen LogP contribution in [0.3, 0.4) is 0 Å². The summed E-state index contributed by atoms with van der Waals surface area (Å²) in [5.41, 5.74) is -0.0757. The van der Waals surface area contributed by atoms with E-state index in [0.29, 0.717) is 10.6 Å². The fourth-order valence-corrected chi connectivity index (χ4v) is 3.52. The molecule has 0 saturated carbocycles. The number of thioether (sulfide) groups is 1. The molecule has 1 atom stereocenters. The summed E-state index contributed by atoms with van der Waals surface area (Å²) in [5.74, 6) is -0.432. The van der Waals surface area contributed by atoms with Gasteiger partial charge in [0, 0.05) is 16.0 Å². The molecule has 0 radical (unpaired) electrons. The standard InChI is InChI=1S/C14H14O3S2/c1-14(17,10-5-3-2-4-6-10)9-19-11-7-12(13(15)16)18-8-11/h2-8,17H,9H2,1H3,(H,15,16). The number of carbonyl (C=O) groups is 1. The Bertz CT molecular complexity index is 561. The molecule has 1 unspecified atom stereocenters. The summed E-state index contributed by atoms with van der Waals surface area (Å²) in [6.45, 7) is 1.76. The first kappa shape index (κ1) is 14.1. The first-order valence-corrected chi connectivity index (χ1v) is 7.58. The molecule has 19 heavy (non-hydrogen) atoms. The van der Waals surface area contributed by atoms with Crippen molar-refractivity contribution in [2.45, 2.75) is 17.4 Å². The summed E-state index contributed by atoms with van der Waals surface area (Å²) in [6, 6.07) is 11.1. The number of benzene rings is 1. The topological polar surface area (TPSA) is 57.5 Å². The van der Waals surface area contributed by atoms with Gasteiger partial charge in [0.05, 0.1) is 5.60 Å². The molecule has 0 amide bonds. The van der Waals surface area contributed by atoms with Gasteiger partial charge in [-0.25, -0.2) is 4.79 Å². The van der Waals surface area contributed by atoms with E-state index < -0.39 is 11.6 Å². The number of carboxylic acids is 1. The third-order valence-electron chi connectivity index (χ3n) is 2.70. The molecule has 2 aromatic rings. The molecule has 0 aliphatic heterocycles. The lowest BCUT2D eigenvalue weighted by Gasteiger charge is -2.23. The number of rotatable bonds is 5. The zero-order valence-corrected chi connectivity index (χ0v) is 12.0. The first-order valence-electron chi connectivity index (χ1n) is 5.71. The van der Waals surface area contributed by atoms with Crippen LogP contribution in [-0.2, 0) is 5.60 Å². The minimum absolute atomic E-state index is 0.321. The van der Waals surface area contributed by atoms with Crippen molar-refractivity contribution in [3.8, 4) is 0 Å². The maximum atomic E-state index is 10.8. The van der Waals surface area contributed by atoms with Gasteiger partial charge in [-0.05, 0) is 18.6 Å². The van der Waals surface area contributed by atoms with Gasteiger partial charge in [0.25, 0.3) is 0 Å². The van der Waals surface area contributed by atoms with Gasteiger partial charge in [-0.3, -0.25) is 0 Å². The van der Waals surface area contributed by atoms with Crippen molar-refractivity contribution in [3.05, 3.63) is 52.2 Å². The summed E-state index contributed by atoms with van der Waals surface area (Å²) in [7, 11) is 0. The van der Waals surface area contributed by atoms with E-state index in [-0.39, 0.29) is 0 Å². The summed E-state index contributed by atoms with van der Waals surface area (Å²) in [5, 5.41) is 21.1. The number of carboxylic acid groups (broad SMARTS) is 1.